The van der Waals surface area contributed by atoms with Crippen LogP contribution in [0.2, 0.25) is 0 Å². The van der Waals surface area contributed by atoms with Crippen molar-refractivity contribution in [1.82, 2.24) is 0 Å². The Hall–Kier alpha value is -0.560. The summed E-state index contributed by atoms with van der Waals surface area (Å²) in [6, 6.07) is 6.71. The highest BCUT2D eigenvalue weighted by molar-refractivity contribution is 6.21. The van der Waals surface area contributed by atoms with Crippen LogP contribution in [0.1, 0.15) is 25.3 Å². The van der Waals surface area contributed by atoms with E-state index in [0.29, 0.717) is 5.41 Å². The smallest absolute Gasteiger partial charge is 0.123 e. The lowest BCUT2D eigenvalue weighted by Crippen LogP contribution is -2.15. The Morgan fingerprint density at radius 3 is 2.79 bits per heavy atom. The number of halogens is 2. The molecular weight excluding hydrogens is 199 g/mol. The fourth-order valence-electron chi connectivity index (χ4n) is 1.63. The first-order chi connectivity index (χ1) is 6.60. The van der Waals surface area contributed by atoms with Crippen LogP contribution in [0.25, 0.3) is 0 Å². The summed E-state index contributed by atoms with van der Waals surface area (Å²) in [5.74, 6) is -0.174. The fourth-order valence-corrected chi connectivity index (χ4v) is 2.02. The van der Waals surface area contributed by atoms with Gasteiger partial charge in [0.25, 0.3) is 0 Å². The Morgan fingerprint density at radius 1 is 1.50 bits per heavy atom. The van der Waals surface area contributed by atoms with Gasteiger partial charge in [0.15, 0.2) is 0 Å². The van der Waals surface area contributed by atoms with E-state index in [9.17, 15) is 4.39 Å². The Kier molecular flexibility index (Phi) is 2.52. The molecule has 1 atom stereocenters. The van der Waals surface area contributed by atoms with E-state index in [1.54, 1.807) is 12.1 Å². The summed E-state index contributed by atoms with van der Waals surface area (Å²) in [5, 5.41) is 0.143. The van der Waals surface area contributed by atoms with Crippen molar-refractivity contribution in [2.75, 3.05) is 0 Å². The lowest BCUT2D eigenvalue weighted by molar-refractivity contribution is 0.526. The third-order valence-corrected chi connectivity index (χ3v) is 3.78. The van der Waals surface area contributed by atoms with E-state index in [0.717, 1.165) is 12.0 Å². The van der Waals surface area contributed by atoms with Crippen LogP contribution in [0, 0.1) is 11.2 Å². The molecule has 1 aliphatic carbocycles. The molecule has 1 unspecified atom stereocenters. The molecule has 0 aliphatic heterocycles. The van der Waals surface area contributed by atoms with Crippen molar-refractivity contribution in [2.24, 2.45) is 5.41 Å². The Balaban J connectivity index is 2.03. The zero-order chi connectivity index (χ0) is 10.2. The summed E-state index contributed by atoms with van der Waals surface area (Å²) < 4.78 is 12.9. The monoisotopic (exact) mass is 212 g/mol. The molecule has 2 rings (SSSR count). The molecule has 0 N–H and O–H groups in total. The average Bonchev–Trinajstić information content (AvgIpc) is 2.85. The minimum Gasteiger partial charge on any atom is -0.207 e. The van der Waals surface area contributed by atoms with Gasteiger partial charge < -0.3 is 0 Å². The summed E-state index contributed by atoms with van der Waals surface area (Å²) in [4.78, 5) is 0. The number of alkyl halides is 1. The molecule has 0 nitrogen and oxygen atoms in total. The van der Waals surface area contributed by atoms with Gasteiger partial charge in [-0.2, -0.15) is 0 Å². The number of benzene rings is 1. The molecule has 1 aromatic carbocycles. The molecule has 76 valence electrons. The third kappa shape index (κ3) is 2.09. The second-order valence-electron chi connectivity index (χ2n) is 4.46. The maximum Gasteiger partial charge on any atom is 0.123 e. The van der Waals surface area contributed by atoms with Gasteiger partial charge in [0, 0.05) is 5.38 Å². The van der Waals surface area contributed by atoms with Crippen LogP contribution in [-0.4, -0.2) is 5.38 Å². The molecule has 1 saturated carbocycles. The topological polar surface area (TPSA) is 0 Å². The van der Waals surface area contributed by atoms with Crippen molar-refractivity contribution in [1.29, 1.82) is 0 Å². The van der Waals surface area contributed by atoms with Gasteiger partial charge in [-0.25, -0.2) is 4.39 Å². The molecule has 0 aromatic heterocycles. The van der Waals surface area contributed by atoms with E-state index in [1.807, 2.05) is 6.07 Å². The normalized spacial score (nSPS) is 20.5. The molecule has 1 aromatic rings. The van der Waals surface area contributed by atoms with Crippen LogP contribution in [0.5, 0.6) is 0 Å². The molecular formula is C12H14ClF. The third-order valence-electron chi connectivity index (χ3n) is 3.10. The van der Waals surface area contributed by atoms with Crippen LogP contribution < -0.4 is 0 Å². The lowest BCUT2D eigenvalue weighted by atomic mass is 9.98. The standard InChI is InChI=1S/C12H14ClF/c1-12(5-6-12)11(13)8-9-3-2-4-10(14)7-9/h2-4,7,11H,5-6,8H2,1H3. The van der Waals surface area contributed by atoms with Gasteiger partial charge in [0.05, 0.1) is 0 Å². The van der Waals surface area contributed by atoms with Crippen LogP contribution >= 0.6 is 11.6 Å². The van der Waals surface area contributed by atoms with Crippen molar-refractivity contribution in [3.05, 3.63) is 35.6 Å². The molecule has 1 fully saturated rings. The maximum absolute atomic E-state index is 12.9. The molecule has 0 amide bonds. The van der Waals surface area contributed by atoms with Crippen molar-refractivity contribution in [2.45, 2.75) is 31.6 Å². The van der Waals surface area contributed by atoms with Gasteiger partial charge in [-0.3, -0.25) is 0 Å². The van der Waals surface area contributed by atoms with E-state index in [-0.39, 0.29) is 11.2 Å². The van der Waals surface area contributed by atoms with Crippen LogP contribution in [-0.2, 0) is 6.42 Å². The first kappa shape index (κ1) is 9.97. The van der Waals surface area contributed by atoms with Gasteiger partial charge >= 0.3 is 0 Å². The largest absolute Gasteiger partial charge is 0.207 e. The Morgan fingerprint density at radius 2 is 2.21 bits per heavy atom. The molecule has 14 heavy (non-hydrogen) atoms. The van der Waals surface area contributed by atoms with E-state index >= 15 is 0 Å². The first-order valence-electron chi connectivity index (χ1n) is 4.99. The predicted octanol–water partition coefficient (Wildman–Crippen LogP) is 3.78. The van der Waals surface area contributed by atoms with E-state index < -0.39 is 0 Å². The van der Waals surface area contributed by atoms with Crippen molar-refractivity contribution in [3.63, 3.8) is 0 Å². The minimum absolute atomic E-state index is 0.143. The molecule has 1 aliphatic rings. The Labute approximate surface area is 89.1 Å². The van der Waals surface area contributed by atoms with E-state index in [2.05, 4.69) is 6.92 Å². The summed E-state index contributed by atoms with van der Waals surface area (Å²) in [6.07, 6.45) is 3.18. The zero-order valence-electron chi connectivity index (χ0n) is 8.26. The molecule has 0 heterocycles. The summed E-state index contributed by atoms with van der Waals surface area (Å²) >= 11 is 6.28. The molecule has 0 spiro atoms. The van der Waals surface area contributed by atoms with Crippen molar-refractivity contribution in [3.8, 4) is 0 Å². The molecule has 0 saturated heterocycles. The average molecular weight is 213 g/mol. The van der Waals surface area contributed by atoms with Crippen molar-refractivity contribution < 1.29 is 4.39 Å². The minimum atomic E-state index is -0.174. The summed E-state index contributed by atoms with van der Waals surface area (Å²) in [5.41, 5.74) is 1.30. The SMILES string of the molecule is CC1(C(Cl)Cc2cccc(F)c2)CC1. The molecule has 0 bridgehead atoms. The highest BCUT2D eigenvalue weighted by Crippen LogP contribution is 2.51. The van der Waals surface area contributed by atoms with Crippen LogP contribution in [0.4, 0.5) is 4.39 Å². The summed E-state index contributed by atoms with van der Waals surface area (Å²) in [7, 11) is 0. The number of rotatable bonds is 3. The highest BCUT2D eigenvalue weighted by Gasteiger charge is 2.43. The van der Waals surface area contributed by atoms with Crippen molar-refractivity contribution >= 4 is 11.6 Å². The highest BCUT2D eigenvalue weighted by atomic mass is 35.5. The van der Waals surface area contributed by atoms with E-state index in [1.165, 1.54) is 18.9 Å². The van der Waals surface area contributed by atoms with E-state index in [4.69, 9.17) is 11.6 Å². The summed E-state index contributed by atoms with van der Waals surface area (Å²) in [6.45, 7) is 2.20. The van der Waals surface area contributed by atoms with Crippen LogP contribution in [0.15, 0.2) is 24.3 Å². The maximum atomic E-state index is 12.9. The molecule has 2 heteroatoms. The molecule has 0 radical (unpaired) electrons. The first-order valence-corrected chi connectivity index (χ1v) is 5.42. The predicted molar refractivity (Wildman–Crippen MR) is 57.1 cm³/mol. The van der Waals surface area contributed by atoms with Gasteiger partial charge in [0.1, 0.15) is 5.82 Å². The van der Waals surface area contributed by atoms with Gasteiger partial charge in [-0.05, 0) is 42.4 Å². The number of hydrogen-bond donors (Lipinski definition) is 0. The van der Waals surface area contributed by atoms with Gasteiger partial charge in [-0.1, -0.05) is 19.1 Å². The fraction of sp³-hybridized carbons (Fsp3) is 0.500. The number of hydrogen-bond acceptors (Lipinski definition) is 0. The van der Waals surface area contributed by atoms with Gasteiger partial charge in [-0.15, -0.1) is 11.6 Å². The lowest BCUT2D eigenvalue weighted by Gasteiger charge is -2.16. The van der Waals surface area contributed by atoms with Crippen LogP contribution in [0.3, 0.4) is 0 Å². The quantitative estimate of drug-likeness (QED) is 0.669. The second-order valence-corrected chi connectivity index (χ2v) is 4.98. The second kappa shape index (κ2) is 3.54. The van der Waals surface area contributed by atoms with Gasteiger partial charge in [0.2, 0.25) is 0 Å². The zero-order valence-corrected chi connectivity index (χ0v) is 9.02. The Bertz CT molecular complexity index is 331.